The Morgan fingerprint density at radius 1 is 1.20 bits per heavy atom. The minimum Gasteiger partial charge on any atom is -0.479 e. The normalized spacial score (nSPS) is 27.0. The summed E-state index contributed by atoms with van der Waals surface area (Å²) in [5, 5.41) is 20.2. The number of H-pyrrole nitrogens is 1. The Labute approximate surface area is 239 Å². The Kier molecular flexibility index (Phi) is 7.42. The van der Waals surface area contributed by atoms with E-state index in [-0.39, 0.29) is 35.2 Å². The lowest BCUT2D eigenvalue weighted by molar-refractivity contribution is -0.200. The highest BCUT2D eigenvalue weighted by atomic mass is 16.5. The van der Waals surface area contributed by atoms with Gasteiger partial charge in [0.1, 0.15) is 19.6 Å². The molecule has 3 N–H and O–H groups in total. The fourth-order valence-electron chi connectivity index (χ4n) is 5.96. The summed E-state index contributed by atoms with van der Waals surface area (Å²) < 4.78 is 5.94. The van der Waals surface area contributed by atoms with Crippen LogP contribution in [0.1, 0.15) is 87.5 Å². The van der Waals surface area contributed by atoms with Gasteiger partial charge in [-0.25, -0.2) is 9.78 Å². The average Bonchev–Trinajstić information content (AvgIpc) is 3.31. The fraction of sp³-hybridized carbons (Fsp3) is 0.519. The van der Waals surface area contributed by atoms with Crippen LogP contribution in [-0.4, -0.2) is 74.5 Å². The third kappa shape index (κ3) is 5.38. The number of nitrogens with one attached hydrogen (secondary N) is 2. The smallest absolute Gasteiger partial charge is 0.335 e. The van der Waals surface area contributed by atoms with Crippen LogP contribution in [0.15, 0.2) is 23.8 Å². The van der Waals surface area contributed by atoms with Gasteiger partial charge in [0.05, 0.1) is 46.7 Å². The van der Waals surface area contributed by atoms with Gasteiger partial charge in [0.15, 0.2) is 11.4 Å². The summed E-state index contributed by atoms with van der Waals surface area (Å²) in [5.74, 6) is -2.79. The number of anilines is 1. The van der Waals surface area contributed by atoms with Crippen LogP contribution in [-0.2, 0) is 9.53 Å². The molecule has 3 heterocycles. The van der Waals surface area contributed by atoms with Gasteiger partial charge in [0.25, 0.3) is 5.91 Å². The van der Waals surface area contributed by atoms with Crippen molar-refractivity contribution in [2.24, 2.45) is 5.41 Å². The fourth-order valence-corrected chi connectivity index (χ4v) is 5.96. The van der Waals surface area contributed by atoms with Crippen molar-refractivity contribution in [2.75, 3.05) is 5.32 Å². The third-order valence-corrected chi connectivity index (χ3v) is 7.82. The summed E-state index contributed by atoms with van der Waals surface area (Å²) in [6.45, 7) is 9.06. The molecule has 0 aromatic carbocycles. The predicted molar refractivity (Wildman–Crippen MR) is 153 cm³/mol. The van der Waals surface area contributed by atoms with Gasteiger partial charge < -0.3 is 20.1 Å². The van der Waals surface area contributed by atoms with Gasteiger partial charge in [-0.3, -0.25) is 9.78 Å². The maximum atomic E-state index is 13.1. The Balaban J connectivity index is 1.86. The summed E-state index contributed by atoms with van der Waals surface area (Å²) >= 11 is 0. The second-order valence-corrected chi connectivity index (χ2v) is 12.3. The number of amides is 1. The van der Waals surface area contributed by atoms with Gasteiger partial charge in [-0.2, -0.15) is 5.26 Å². The number of carbonyl (C=O) groups is 2. The lowest BCUT2D eigenvalue weighted by Crippen LogP contribution is -2.51. The number of carboxylic acid groups (broad SMARTS) is 1. The molecule has 2 aromatic rings. The molecule has 0 bridgehead atoms. The van der Waals surface area contributed by atoms with Crippen molar-refractivity contribution in [1.82, 2.24) is 15.0 Å². The van der Waals surface area contributed by atoms with Crippen LogP contribution in [0.3, 0.4) is 0 Å². The summed E-state index contributed by atoms with van der Waals surface area (Å²) in [7, 11) is 26.4. The third-order valence-electron chi connectivity index (χ3n) is 7.82. The monoisotopic (exact) mass is 531 g/mol. The first-order chi connectivity index (χ1) is 18.4. The maximum absolute atomic E-state index is 13.1. The summed E-state index contributed by atoms with van der Waals surface area (Å²) in [6, 6.07) is 5.25. The molecule has 13 heteroatoms. The minimum absolute atomic E-state index is 0.0785. The lowest BCUT2D eigenvalue weighted by Gasteiger charge is -2.51. The van der Waals surface area contributed by atoms with Crippen LogP contribution < -0.4 is 5.32 Å². The van der Waals surface area contributed by atoms with Crippen molar-refractivity contribution in [1.29, 1.82) is 5.26 Å². The number of hydrogen-bond donors (Lipinski definition) is 3. The number of nitrogens with zero attached hydrogens (tertiary/aromatic N) is 3. The zero-order valence-electron chi connectivity index (χ0n) is 23.3. The number of pyridine rings is 1. The first-order valence-electron chi connectivity index (χ1n) is 12.9. The Morgan fingerprint density at radius 2 is 1.88 bits per heavy atom. The Morgan fingerprint density at radius 3 is 2.48 bits per heavy atom. The highest BCUT2D eigenvalue weighted by Crippen LogP contribution is 2.60. The molecule has 3 atom stereocenters. The summed E-state index contributed by atoms with van der Waals surface area (Å²) in [5.41, 5.74) is -0.856. The van der Waals surface area contributed by atoms with Gasteiger partial charge in [-0.1, -0.05) is 24.9 Å². The molecule has 4 rings (SSSR count). The van der Waals surface area contributed by atoms with Gasteiger partial charge in [0.2, 0.25) is 0 Å². The van der Waals surface area contributed by atoms with Crippen LogP contribution in [0.5, 0.6) is 0 Å². The van der Waals surface area contributed by atoms with Crippen molar-refractivity contribution in [3.63, 3.8) is 0 Å². The van der Waals surface area contributed by atoms with Crippen molar-refractivity contribution >= 4 is 54.5 Å². The molecule has 2 aromatic heterocycles. The van der Waals surface area contributed by atoms with E-state index in [1.807, 2.05) is 33.8 Å². The highest BCUT2D eigenvalue weighted by Gasteiger charge is 2.48. The number of aromatic nitrogens is 3. The Hall–Kier alpha value is -3.25. The van der Waals surface area contributed by atoms with E-state index in [2.05, 4.69) is 15.3 Å². The maximum Gasteiger partial charge on any atom is 0.335 e. The molecule has 9 nitrogen and oxygen atoms in total. The van der Waals surface area contributed by atoms with Crippen molar-refractivity contribution < 1.29 is 19.4 Å². The number of hydrogen-bond acceptors (Lipinski definition) is 6. The zero-order valence-corrected chi connectivity index (χ0v) is 23.3. The number of carboxylic acids is 1. The molecule has 8 radical (unpaired) electrons. The standard InChI is InChI=1S/C27H29B4N5O4/c1-24(2)10-15(28)18(27(30,31)22(24)29)19-17(36-21(37)20-33-12-14(11-32)34-20)7-6-16(35-19)13-8-25(3,4)40-26(5,9-13)23(38)39/h6-7,12-13,22H,8-10H2,1-5H3,(H,33,34)(H,36,37)(H,38,39). The molecule has 1 fully saturated rings. The van der Waals surface area contributed by atoms with E-state index in [0.29, 0.717) is 29.6 Å². The molecule has 1 aliphatic heterocycles. The van der Waals surface area contributed by atoms with E-state index in [1.54, 1.807) is 19.1 Å². The molecule has 2 aliphatic rings. The molecular formula is C27H29B4N5O4. The summed E-state index contributed by atoms with van der Waals surface area (Å²) in [4.78, 5) is 36.7. The van der Waals surface area contributed by atoms with Crippen molar-refractivity contribution in [3.8, 4) is 6.07 Å². The predicted octanol–water partition coefficient (Wildman–Crippen LogP) is 3.16. The van der Waals surface area contributed by atoms with Gasteiger partial charge >= 0.3 is 5.97 Å². The number of rotatable bonds is 5. The quantitative estimate of drug-likeness (QED) is 0.504. The van der Waals surface area contributed by atoms with Crippen LogP contribution >= 0.6 is 0 Å². The van der Waals surface area contributed by atoms with Crippen LogP contribution in [0.25, 0.3) is 5.57 Å². The number of ether oxygens (including phenoxy) is 1. The molecule has 1 saturated heterocycles. The second kappa shape index (κ2) is 9.99. The number of allylic oxidation sites excluding steroid dienone is 2. The molecule has 0 spiro atoms. The number of nitriles is 1. The van der Waals surface area contributed by atoms with E-state index in [4.69, 9.17) is 46.4 Å². The average molecular weight is 531 g/mol. The van der Waals surface area contributed by atoms with Gasteiger partial charge in [0, 0.05) is 11.6 Å². The zero-order chi connectivity index (χ0) is 29.8. The molecule has 1 amide bonds. The minimum atomic E-state index is -1.61. The molecule has 198 valence electrons. The van der Waals surface area contributed by atoms with E-state index in [9.17, 15) is 14.7 Å². The molecule has 1 aliphatic carbocycles. The first kappa shape index (κ1) is 29.7. The van der Waals surface area contributed by atoms with Crippen LogP contribution in [0, 0.1) is 16.7 Å². The van der Waals surface area contributed by atoms with E-state index in [0.717, 1.165) is 0 Å². The van der Waals surface area contributed by atoms with Crippen LogP contribution in [0.4, 0.5) is 5.69 Å². The van der Waals surface area contributed by atoms with Gasteiger partial charge in [-0.15, -0.1) is 5.47 Å². The number of aromatic amines is 1. The van der Waals surface area contributed by atoms with Crippen molar-refractivity contribution in [2.45, 2.75) is 82.0 Å². The molecular weight excluding hydrogens is 502 g/mol. The topological polar surface area (TPSA) is 141 Å². The van der Waals surface area contributed by atoms with E-state index in [1.165, 1.54) is 6.20 Å². The Bertz CT molecular complexity index is 1440. The van der Waals surface area contributed by atoms with E-state index < -0.39 is 39.5 Å². The molecule has 40 heavy (non-hydrogen) atoms. The number of imidazole rings is 1. The van der Waals surface area contributed by atoms with Gasteiger partial charge in [-0.05, 0) is 63.2 Å². The van der Waals surface area contributed by atoms with Crippen LogP contribution in [0.2, 0.25) is 11.0 Å². The second-order valence-electron chi connectivity index (χ2n) is 12.3. The van der Waals surface area contributed by atoms with Crippen molar-refractivity contribution in [3.05, 3.63) is 46.7 Å². The largest absolute Gasteiger partial charge is 0.479 e. The summed E-state index contributed by atoms with van der Waals surface area (Å²) in [6.07, 6.45) is 2.29. The number of aliphatic carboxylic acids is 1. The molecule has 0 saturated carbocycles. The first-order valence-corrected chi connectivity index (χ1v) is 12.9. The SMILES string of the molecule is [B]C1=C(c2nc(C3CC(C)(C)OC(C)(C(=O)O)C3)ccc2NC(=O)c2ncc(C#N)[nH]2)C([B])([B])C([B])C(C)(C)C1. The lowest BCUT2D eigenvalue weighted by atomic mass is 9.32. The number of carbonyl (C=O) groups excluding carboxylic acids is 1. The highest BCUT2D eigenvalue weighted by molar-refractivity contribution is 6.52. The van der Waals surface area contributed by atoms with E-state index >= 15 is 0 Å². The molecule has 3 unspecified atom stereocenters.